The van der Waals surface area contributed by atoms with Crippen molar-refractivity contribution in [1.29, 1.82) is 0 Å². The molecule has 0 bridgehead atoms. The molecule has 10 heteroatoms. The number of amidine groups is 1. The fourth-order valence-corrected chi connectivity index (χ4v) is 3.83. The minimum Gasteiger partial charge on any atom is -0.480 e. The number of halogens is 3. The van der Waals surface area contributed by atoms with Gasteiger partial charge in [0.1, 0.15) is 11.0 Å². The first-order valence-corrected chi connectivity index (χ1v) is 9.77. The van der Waals surface area contributed by atoms with Crippen LogP contribution in [-0.2, 0) is 16.0 Å². The van der Waals surface area contributed by atoms with Crippen LogP contribution in [-0.4, -0.2) is 45.2 Å². The van der Waals surface area contributed by atoms with Crippen molar-refractivity contribution in [3.63, 3.8) is 0 Å². The lowest BCUT2D eigenvalue weighted by molar-refractivity contribution is -0.274. The summed E-state index contributed by atoms with van der Waals surface area (Å²) in [6.45, 7) is 0.302. The number of amides is 1. The number of thioether (sulfide) groups is 1. The Morgan fingerprint density at radius 1 is 1.17 bits per heavy atom. The second-order valence-electron chi connectivity index (χ2n) is 6.37. The van der Waals surface area contributed by atoms with E-state index in [2.05, 4.69) is 9.73 Å². The number of hydrogen-bond donors (Lipinski definition) is 1. The zero-order chi connectivity index (χ0) is 21.7. The monoisotopic (exact) mass is 438 g/mol. The van der Waals surface area contributed by atoms with E-state index in [0.717, 1.165) is 29.5 Å². The van der Waals surface area contributed by atoms with E-state index in [0.29, 0.717) is 13.0 Å². The van der Waals surface area contributed by atoms with Crippen LogP contribution >= 0.6 is 11.8 Å². The van der Waals surface area contributed by atoms with Gasteiger partial charge in [0.25, 0.3) is 0 Å². The molecule has 0 aliphatic carbocycles. The number of carboxylic acids is 1. The van der Waals surface area contributed by atoms with E-state index in [1.165, 1.54) is 17.0 Å². The first-order chi connectivity index (χ1) is 14.2. The molecular formula is C20H17F3N2O4S. The molecule has 0 aromatic heterocycles. The number of nitrogens with zero attached hydrogens (tertiary/aromatic N) is 2. The molecule has 2 aromatic rings. The predicted molar refractivity (Wildman–Crippen MR) is 106 cm³/mol. The number of aliphatic imine (C=N–C) groups is 1. The third-order valence-electron chi connectivity index (χ3n) is 4.18. The summed E-state index contributed by atoms with van der Waals surface area (Å²) >= 11 is 0.940. The molecule has 1 heterocycles. The summed E-state index contributed by atoms with van der Waals surface area (Å²) in [5.41, 5.74) is 1.28. The van der Waals surface area contributed by atoms with Crippen LogP contribution in [0.1, 0.15) is 12.0 Å². The molecule has 1 amide bonds. The minimum absolute atomic E-state index is 0.161. The topological polar surface area (TPSA) is 79.2 Å². The Bertz CT molecular complexity index is 933. The van der Waals surface area contributed by atoms with Crippen molar-refractivity contribution >= 4 is 34.5 Å². The molecule has 30 heavy (non-hydrogen) atoms. The molecule has 6 nitrogen and oxygen atoms in total. The maximum absolute atomic E-state index is 12.6. The molecule has 0 unspecified atom stereocenters. The third-order valence-corrected chi connectivity index (χ3v) is 5.35. The van der Waals surface area contributed by atoms with Crippen LogP contribution in [0.4, 0.5) is 18.9 Å². The van der Waals surface area contributed by atoms with E-state index >= 15 is 0 Å². The SMILES string of the molecule is O=C(O)[C@@H]1CC(=O)N(CCc2ccccc2)C(=Nc2ccc(OC(F)(F)F)cc2)S1. The maximum atomic E-state index is 12.6. The third kappa shape index (κ3) is 5.99. The zero-order valence-corrected chi connectivity index (χ0v) is 16.3. The summed E-state index contributed by atoms with van der Waals surface area (Å²) < 4.78 is 40.7. The van der Waals surface area contributed by atoms with Gasteiger partial charge in [-0.3, -0.25) is 14.5 Å². The van der Waals surface area contributed by atoms with E-state index in [4.69, 9.17) is 0 Å². The van der Waals surface area contributed by atoms with Crippen LogP contribution in [0.5, 0.6) is 5.75 Å². The van der Waals surface area contributed by atoms with Crippen LogP contribution in [0.15, 0.2) is 59.6 Å². The van der Waals surface area contributed by atoms with E-state index < -0.39 is 23.3 Å². The van der Waals surface area contributed by atoms with Crippen molar-refractivity contribution in [1.82, 2.24) is 4.90 Å². The molecule has 1 N–H and O–H groups in total. The highest BCUT2D eigenvalue weighted by molar-refractivity contribution is 8.15. The quantitative estimate of drug-likeness (QED) is 0.730. The van der Waals surface area contributed by atoms with Crippen LogP contribution in [0.3, 0.4) is 0 Å². The predicted octanol–water partition coefficient (Wildman–Crippen LogP) is 4.23. The number of carbonyl (C=O) groups excluding carboxylic acids is 1. The molecule has 1 fully saturated rings. The number of benzene rings is 2. The second-order valence-corrected chi connectivity index (χ2v) is 7.54. The highest BCUT2D eigenvalue weighted by atomic mass is 32.2. The lowest BCUT2D eigenvalue weighted by Gasteiger charge is -2.30. The van der Waals surface area contributed by atoms with E-state index in [1.54, 1.807) is 0 Å². The van der Waals surface area contributed by atoms with Crippen molar-refractivity contribution in [3.05, 3.63) is 60.2 Å². The van der Waals surface area contributed by atoms with Crippen LogP contribution in [0.2, 0.25) is 0 Å². The first-order valence-electron chi connectivity index (χ1n) is 8.89. The molecule has 1 aliphatic rings. The highest BCUT2D eigenvalue weighted by Gasteiger charge is 2.35. The molecule has 3 rings (SSSR count). The molecule has 1 saturated heterocycles. The summed E-state index contributed by atoms with van der Waals surface area (Å²) in [4.78, 5) is 29.7. The number of aliphatic carboxylic acids is 1. The zero-order valence-electron chi connectivity index (χ0n) is 15.5. The molecule has 0 radical (unpaired) electrons. The van der Waals surface area contributed by atoms with Gasteiger partial charge < -0.3 is 9.84 Å². The average Bonchev–Trinajstić information content (AvgIpc) is 2.68. The lowest BCUT2D eigenvalue weighted by Crippen LogP contribution is -2.44. The van der Waals surface area contributed by atoms with Gasteiger partial charge in [0.2, 0.25) is 5.91 Å². The lowest BCUT2D eigenvalue weighted by atomic mass is 10.1. The number of rotatable bonds is 6. The van der Waals surface area contributed by atoms with Gasteiger partial charge in [0.15, 0.2) is 5.17 Å². The highest BCUT2D eigenvalue weighted by Crippen LogP contribution is 2.30. The van der Waals surface area contributed by atoms with E-state index in [9.17, 15) is 27.9 Å². The summed E-state index contributed by atoms with van der Waals surface area (Å²) in [5.74, 6) is -1.89. The summed E-state index contributed by atoms with van der Waals surface area (Å²) in [6, 6.07) is 14.3. The molecule has 158 valence electrons. The van der Waals surface area contributed by atoms with Crippen molar-refractivity contribution < 1.29 is 32.6 Å². The fraction of sp³-hybridized carbons (Fsp3) is 0.250. The Labute approximate surface area is 174 Å². The van der Waals surface area contributed by atoms with Crippen molar-refractivity contribution in [2.24, 2.45) is 4.99 Å². The minimum atomic E-state index is -4.80. The Morgan fingerprint density at radius 3 is 2.43 bits per heavy atom. The number of carboxylic acid groups (broad SMARTS) is 1. The molecule has 1 atom stereocenters. The summed E-state index contributed by atoms with van der Waals surface area (Å²) in [5, 5.41) is 8.53. The molecule has 2 aromatic carbocycles. The molecular weight excluding hydrogens is 421 g/mol. The van der Waals surface area contributed by atoms with Gasteiger partial charge in [-0.15, -0.1) is 13.2 Å². The number of hydrogen-bond acceptors (Lipinski definition) is 5. The van der Waals surface area contributed by atoms with Gasteiger partial charge >= 0.3 is 12.3 Å². The van der Waals surface area contributed by atoms with Gasteiger partial charge in [0.05, 0.1) is 12.1 Å². The maximum Gasteiger partial charge on any atom is 0.573 e. The van der Waals surface area contributed by atoms with Crippen molar-refractivity contribution in [2.75, 3.05) is 6.54 Å². The number of alkyl halides is 3. The molecule has 0 spiro atoms. The van der Waals surface area contributed by atoms with Crippen molar-refractivity contribution in [2.45, 2.75) is 24.5 Å². The van der Waals surface area contributed by atoms with Crippen LogP contribution in [0, 0.1) is 0 Å². The summed E-state index contributed by atoms with van der Waals surface area (Å²) in [7, 11) is 0. The van der Waals surface area contributed by atoms with Gasteiger partial charge in [-0.25, -0.2) is 4.99 Å². The largest absolute Gasteiger partial charge is 0.573 e. The standard InChI is InChI=1S/C20H17F3N2O4S/c21-20(22,23)29-15-8-6-14(7-9-15)24-19-25(11-10-13-4-2-1-3-5-13)17(26)12-16(30-19)18(27)28/h1-9,16H,10-12H2,(H,27,28)/t16-/m0/s1. The average molecular weight is 438 g/mol. The Hall–Kier alpha value is -3.01. The number of carbonyl (C=O) groups is 2. The fourth-order valence-electron chi connectivity index (χ4n) is 2.77. The van der Waals surface area contributed by atoms with Gasteiger partial charge in [-0.05, 0) is 36.2 Å². The normalized spacial score (nSPS) is 18.5. The van der Waals surface area contributed by atoms with Crippen LogP contribution < -0.4 is 4.74 Å². The Kier molecular flexibility index (Phi) is 6.66. The van der Waals surface area contributed by atoms with Gasteiger partial charge in [0, 0.05) is 6.54 Å². The number of ether oxygens (including phenoxy) is 1. The Balaban J connectivity index is 1.81. The van der Waals surface area contributed by atoms with E-state index in [1.807, 2.05) is 30.3 Å². The Morgan fingerprint density at radius 2 is 1.83 bits per heavy atom. The van der Waals surface area contributed by atoms with E-state index in [-0.39, 0.29) is 23.2 Å². The smallest absolute Gasteiger partial charge is 0.480 e. The second kappa shape index (κ2) is 9.21. The van der Waals surface area contributed by atoms with Gasteiger partial charge in [-0.2, -0.15) is 0 Å². The molecule has 0 saturated carbocycles. The summed E-state index contributed by atoms with van der Waals surface area (Å²) in [6.07, 6.45) is -4.42. The molecule has 1 aliphatic heterocycles. The van der Waals surface area contributed by atoms with Crippen molar-refractivity contribution in [3.8, 4) is 5.75 Å². The van der Waals surface area contributed by atoms with Crippen LogP contribution in [0.25, 0.3) is 0 Å². The van der Waals surface area contributed by atoms with Gasteiger partial charge in [-0.1, -0.05) is 42.1 Å². The first kappa shape index (κ1) is 21.7.